The molecule has 0 bridgehead atoms. The van der Waals surface area contributed by atoms with Crippen molar-refractivity contribution in [3.63, 3.8) is 0 Å². The Hall–Kier alpha value is -2.33. The Kier molecular flexibility index (Phi) is 9.03. The maximum Gasteiger partial charge on any atom is 0.373 e. The molecule has 2 aromatic rings. The first-order valence-corrected chi connectivity index (χ1v) is 8.45. The number of rotatable bonds is 7. The SMILES string of the molecule is CNCc1[nH]c(C(=O)O)c(Br)c1-c1ccc(CO)c(CO)c1CO.O=C=O. The van der Waals surface area contributed by atoms with Crippen molar-refractivity contribution >= 4 is 28.1 Å². The Morgan fingerprint density at radius 2 is 1.74 bits per heavy atom. The van der Waals surface area contributed by atoms with Crippen molar-refractivity contribution in [3.05, 3.63) is 44.7 Å². The molecule has 27 heavy (non-hydrogen) atoms. The van der Waals surface area contributed by atoms with Gasteiger partial charge in [-0.3, -0.25) is 0 Å². The number of benzene rings is 1. The summed E-state index contributed by atoms with van der Waals surface area (Å²) in [5, 5.41) is 41.1. The Labute approximate surface area is 162 Å². The van der Waals surface area contributed by atoms with E-state index in [4.69, 9.17) is 9.59 Å². The monoisotopic (exact) mass is 442 g/mol. The molecule has 0 atom stereocenters. The first-order chi connectivity index (χ1) is 12.9. The maximum atomic E-state index is 11.4. The molecule has 10 heteroatoms. The van der Waals surface area contributed by atoms with E-state index in [9.17, 15) is 25.2 Å². The first-order valence-electron chi connectivity index (χ1n) is 7.65. The average Bonchev–Trinajstić information content (AvgIpc) is 2.97. The summed E-state index contributed by atoms with van der Waals surface area (Å²) in [7, 11) is 1.74. The molecule has 0 fully saturated rings. The number of aliphatic hydroxyl groups excluding tert-OH is 3. The smallest absolute Gasteiger partial charge is 0.373 e. The minimum Gasteiger partial charge on any atom is -0.477 e. The molecule has 0 radical (unpaired) electrons. The van der Waals surface area contributed by atoms with Gasteiger partial charge in [0.15, 0.2) is 0 Å². The number of carboxylic acid groups (broad SMARTS) is 1. The molecule has 0 aliphatic heterocycles. The molecule has 1 aromatic heterocycles. The number of hydrogen-bond acceptors (Lipinski definition) is 7. The van der Waals surface area contributed by atoms with Crippen molar-refractivity contribution in [2.24, 2.45) is 0 Å². The zero-order valence-corrected chi connectivity index (χ0v) is 16.0. The van der Waals surface area contributed by atoms with Crippen LogP contribution in [0.15, 0.2) is 16.6 Å². The number of carbonyl (C=O) groups is 1. The van der Waals surface area contributed by atoms with Crippen LogP contribution >= 0.6 is 15.9 Å². The van der Waals surface area contributed by atoms with Crippen LogP contribution in [0.4, 0.5) is 0 Å². The predicted molar refractivity (Wildman–Crippen MR) is 96.4 cm³/mol. The van der Waals surface area contributed by atoms with Crippen LogP contribution < -0.4 is 5.32 Å². The van der Waals surface area contributed by atoms with E-state index in [1.165, 1.54) is 0 Å². The molecule has 9 nitrogen and oxygen atoms in total. The fraction of sp³-hybridized carbons (Fsp3) is 0.294. The lowest BCUT2D eigenvalue weighted by atomic mass is 9.92. The highest BCUT2D eigenvalue weighted by molar-refractivity contribution is 9.10. The van der Waals surface area contributed by atoms with Gasteiger partial charge in [-0.15, -0.1) is 0 Å². The van der Waals surface area contributed by atoms with Crippen LogP contribution in [0.3, 0.4) is 0 Å². The number of hydrogen-bond donors (Lipinski definition) is 6. The van der Waals surface area contributed by atoms with E-state index < -0.39 is 5.97 Å². The molecular formula is C17H19BrN2O7. The summed E-state index contributed by atoms with van der Waals surface area (Å²) in [5.74, 6) is -1.11. The highest BCUT2D eigenvalue weighted by atomic mass is 79.9. The van der Waals surface area contributed by atoms with E-state index >= 15 is 0 Å². The first kappa shape index (κ1) is 22.7. The third kappa shape index (κ3) is 4.89. The van der Waals surface area contributed by atoms with E-state index in [1.807, 2.05) is 0 Å². The van der Waals surface area contributed by atoms with Gasteiger partial charge >= 0.3 is 12.1 Å². The molecule has 0 aliphatic rings. The summed E-state index contributed by atoms with van der Waals surface area (Å²) in [4.78, 5) is 30.5. The van der Waals surface area contributed by atoms with Gasteiger partial charge in [0.2, 0.25) is 0 Å². The van der Waals surface area contributed by atoms with E-state index in [0.717, 1.165) is 0 Å². The van der Waals surface area contributed by atoms with Gasteiger partial charge in [-0.1, -0.05) is 12.1 Å². The number of aliphatic hydroxyl groups is 3. The van der Waals surface area contributed by atoms with Gasteiger partial charge in [-0.05, 0) is 45.2 Å². The van der Waals surface area contributed by atoms with Gasteiger partial charge in [0.05, 0.1) is 24.3 Å². The second-order valence-electron chi connectivity index (χ2n) is 5.29. The van der Waals surface area contributed by atoms with Crippen LogP contribution in [0, 0.1) is 0 Å². The molecule has 1 heterocycles. The van der Waals surface area contributed by atoms with E-state index in [2.05, 4.69) is 26.2 Å². The summed E-state index contributed by atoms with van der Waals surface area (Å²) in [6.45, 7) is -0.559. The fourth-order valence-corrected chi connectivity index (χ4v) is 3.49. The number of aromatic carboxylic acids is 1. The van der Waals surface area contributed by atoms with E-state index in [0.29, 0.717) is 44.5 Å². The van der Waals surface area contributed by atoms with Gasteiger partial charge < -0.3 is 30.7 Å². The second-order valence-corrected chi connectivity index (χ2v) is 6.08. The van der Waals surface area contributed by atoms with Gasteiger partial charge in [0.1, 0.15) is 5.69 Å². The predicted octanol–water partition coefficient (Wildman–Crippen LogP) is 0.755. The number of carbonyl (C=O) groups excluding carboxylic acids is 2. The molecular weight excluding hydrogens is 424 g/mol. The largest absolute Gasteiger partial charge is 0.477 e. The number of nitrogens with one attached hydrogen (secondary N) is 2. The van der Waals surface area contributed by atoms with Crippen molar-refractivity contribution in [2.45, 2.75) is 26.4 Å². The second kappa shape index (κ2) is 10.7. The molecule has 146 valence electrons. The minimum atomic E-state index is -1.11. The molecule has 0 saturated heterocycles. The molecule has 0 unspecified atom stereocenters. The lowest BCUT2D eigenvalue weighted by Gasteiger charge is -2.16. The van der Waals surface area contributed by atoms with E-state index in [-0.39, 0.29) is 31.7 Å². The van der Waals surface area contributed by atoms with Gasteiger partial charge in [-0.2, -0.15) is 9.59 Å². The van der Waals surface area contributed by atoms with Gasteiger partial charge in [0, 0.05) is 17.8 Å². The van der Waals surface area contributed by atoms with Crippen LogP contribution in [0.5, 0.6) is 0 Å². The van der Waals surface area contributed by atoms with Crippen LogP contribution in [0.2, 0.25) is 0 Å². The van der Waals surface area contributed by atoms with Crippen LogP contribution in [-0.2, 0) is 36.0 Å². The van der Waals surface area contributed by atoms with Crippen LogP contribution in [0.25, 0.3) is 11.1 Å². The lowest BCUT2D eigenvalue weighted by Crippen LogP contribution is -2.08. The zero-order chi connectivity index (χ0) is 20.6. The topological polar surface area (TPSA) is 160 Å². The Morgan fingerprint density at radius 3 is 2.19 bits per heavy atom. The van der Waals surface area contributed by atoms with Crippen molar-refractivity contribution in [3.8, 4) is 11.1 Å². The Balaban J connectivity index is 0.00000114. The third-order valence-corrected chi connectivity index (χ3v) is 4.66. The van der Waals surface area contributed by atoms with E-state index in [1.54, 1.807) is 19.2 Å². The molecule has 0 aliphatic carbocycles. The summed E-state index contributed by atoms with van der Waals surface area (Å²) < 4.78 is 0.371. The molecule has 0 spiro atoms. The normalized spacial score (nSPS) is 10.1. The van der Waals surface area contributed by atoms with Gasteiger partial charge in [-0.25, -0.2) is 4.79 Å². The molecule has 6 N–H and O–H groups in total. The van der Waals surface area contributed by atoms with Crippen molar-refractivity contribution in [2.75, 3.05) is 7.05 Å². The summed E-state index contributed by atoms with van der Waals surface area (Å²) in [6, 6.07) is 3.36. The van der Waals surface area contributed by atoms with Crippen molar-refractivity contribution in [1.29, 1.82) is 0 Å². The number of halogens is 1. The summed E-state index contributed by atoms with van der Waals surface area (Å²) in [6.07, 6.45) is 0.250. The Morgan fingerprint density at radius 1 is 1.15 bits per heavy atom. The molecule has 1 aromatic carbocycles. The molecule has 0 amide bonds. The van der Waals surface area contributed by atoms with Crippen molar-refractivity contribution in [1.82, 2.24) is 10.3 Å². The highest BCUT2D eigenvalue weighted by Crippen LogP contribution is 2.38. The number of aromatic amines is 1. The number of aromatic nitrogens is 1. The lowest BCUT2D eigenvalue weighted by molar-refractivity contribution is -0.191. The fourth-order valence-electron chi connectivity index (χ4n) is 2.76. The maximum absolute atomic E-state index is 11.4. The Bertz CT molecular complexity index is 842. The quantitative estimate of drug-likeness (QED) is 0.366. The summed E-state index contributed by atoms with van der Waals surface area (Å²) >= 11 is 3.32. The average molecular weight is 443 g/mol. The highest BCUT2D eigenvalue weighted by Gasteiger charge is 2.24. The zero-order valence-electron chi connectivity index (χ0n) is 14.4. The third-order valence-electron chi connectivity index (χ3n) is 3.87. The number of H-pyrrole nitrogens is 1. The summed E-state index contributed by atoms with van der Waals surface area (Å²) in [5.41, 5.74) is 3.26. The van der Waals surface area contributed by atoms with Crippen LogP contribution in [0.1, 0.15) is 32.9 Å². The number of carboxylic acids is 1. The van der Waals surface area contributed by atoms with Crippen LogP contribution in [-0.4, -0.2) is 44.6 Å². The molecule has 0 saturated carbocycles. The van der Waals surface area contributed by atoms with Gasteiger partial charge in [0.25, 0.3) is 0 Å². The molecule has 2 rings (SSSR count). The standard InChI is InChI=1S/C16H19BrN2O5.CO2/c1-18-4-12-13(14(17)15(19-12)16(23)24)9-3-2-8(5-20)10(6-21)11(9)7-22;2-1-3/h2-3,18-22H,4-7H2,1H3,(H,23,24);. The minimum absolute atomic E-state index is 0.0101. The van der Waals surface area contributed by atoms with Crippen molar-refractivity contribution < 1.29 is 34.8 Å².